The Morgan fingerprint density at radius 3 is 3.06 bits per heavy atom. The summed E-state index contributed by atoms with van der Waals surface area (Å²) in [7, 11) is 0. The van der Waals surface area contributed by atoms with E-state index in [1.54, 1.807) is 6.07 Å². The number of nitrogens with zero attached hydrogens (tertiary/aromatic N) is 1. The van der Waals surface area contributed by atoms with E-state index in [9.17, 15) is 4.79 Å². The van der Waals surface area contributed by atoms with Crippen molar-refractivity contribution in [3.63, 3.8) is 0 Å². The number of aromatic nitrogens is 2. The molecule has 2 aromatic rings. The third kappa shape index (κ3) is 2.20. The van der Waals surface area contributed by atoms with Gasteiger partial charge in [-0.05, 0) is 46.8 Å². The highest BCUT2D eigenvalue weighted by molar-refractivity contribution is 9.10. The maximum atomic E-state index is 11.6. The molecule has 1 heterocycles. The first-order valence-electron chi connectivity index (χ1n) is 5.54. The molecule has 1 aliphatic rings. The van der Waals surface area contributed by atoms with Crippen LogP contribution in [0.3, 0.4) is 0 Å². The quantitative estimate of drug-likeness (QED) is 0.946. The van der Waals surface area contributed by atoms with Gasteiger partial charge in [-0.2, -0.15) is 0 Å². The third-order valence-electron chi connectivity index (χ3n) is 2.87. The summed E-state index contributed by atoms with van der Waals surface area (Å²) in [5.41, 5.74) is 0.526. The molecule has 1 aromatic carbocycles. The van der Waals surface area contributed by atoms with E-state index in [0.717, 1.165) is 11.1 Å². The first-order chi connectivity index (χ1) is 8.24. The van der Waals surface area contributed by atoms with Crippen LogP contribution in [-0.4, -0.2) is 16.6 Å². The molecule has 88 valence electrons. The summed E-state index contributed by atoms with van der Waals surface area (Å²) in [5, 5.41) is 0.557. The molecule has 1 saturated carbocycles. The molecule has 0 unspecified atom stereocenters. The molecule has 3 rings (SSSR count). The maximum Gasteiger partial charge on any atom is 0.258 e. The van der Waals surface area contributed by atoms with Crippen LogP contribution in [0.1, 0.15) is 12.8 Å². The Labute approximate surface area is 106 Å². The van der Waals surface area contributed by atoms with Crippen LogP contribution in [0.15, 0.2) is 27.7 Å². The highest BCUT2D eigenvalue weighted by atomic mass is 79.9. The molecular formula is C12H11BrN2O2. The fourth-order valence-electron chi connectivity index (χ4n) is 1.67. The Morgan fingerprint density at radius 2 is 2.29 bits per heavy atom. The van der Waals surface area contributed by atoms with Crippen LogP contribution in [0.25, 0.3) is 10.9 Å². The molecule has 0 aliphatic heterocycles. The second kappa shape index (κ2) is 4.14. The van der Waals surface area contributed by atoms with Gasteiger partial charge in [-0.1, -0.05) is 0 Å². The summed E-state index contributed by atoms with van der Waals surface area (Å²) in [6.07, 6.45) is 3.89. The fraction of sp³-hybridized carbons (Fsp3) is 0.333. The van der Waals surface area contributed by atoms with Gasteiger partial charge in [-0.25, -0.2) is 4.98 Å². The van der Waals surface area contributed by atoms with Gasteiger partial charge in [0.25, 0.3) is 5.56 Å². The zero-order chi connectivity index (χ0) is 11.8. The highest BCUT2D eigenvalue weighted by Crippen LogP contribution is 2.33. The van der Waals surface area contributed by atoms with Crippen LogP contribution >= 0.6 is 15.9 Å². The van der Waals surface area contributed by atoms with E-state index in [2.05, 4.69) is 25.9 Å². The Morgan fingerprint density at radius 1 is 1.47 bits per heavy atom. The molecule has 17 heavy (non-hydrogen) atoms. The summed E-state index contributed by atoms with van der Waals surface area (Å²) < 4.78 is 6.53. The number of hydrogen-bond acceptors (Lipinski definition) is 3. The Kier molecular flexibility index (Phi) is 2.63. The molecule has 1 N–H and O–H groups in total. The SMILES string of the molecule is O=c1[nH]cnc2cc(Br)c(OCC3CC3)cc12. The summed E-state index contributed by atoms with van der Waals surface area (Å²) in [6.45, 7) is 0.724. The normalized spacial score (nSPS) is 15.1. The Bertz CT molecular complexity index is 619. The lowest BCUT2D eigenvalue weighted by molar-refractivity contribution is 0.298. The Balaban J connectivity index is 2.02. The van der Waals surface area contributed by atoms with Crippen LogP contribution in [0.4, 0.5) is 0 Å². The monoisotopic (exact) mass is 294 g/mol. The van der Waals surface area contributed by atoms with Crippen molar-refractivity contribution >= 4 is 26.8 Å². The number of halogens is 1. The number of nitrogens with one attached hydrogen (secondary N) is 1. The fourth-order valence-corrected chi connectivity index (χ4v) is 2.12. The van der Waals surface area contributed by atoms with Gasteiger partial charge < -0.3 is 9.72 Å². The average Bonchev–Trinajstić information content (AvgIpc) is 3.11. The number of rotatable bonds is 3. The van der Waals surface area contributed by atoms with Crippen LogP contribution in [-0.2, 0) is 0 Å². The zero-order valence-corrected chi connectivity index (χ0v) is 10.7. The van der Waals surface area contributed by atoms with Gasteiger partial charge in [0.1, 0.15) is 5.75 Å². The van der Waals surface area contributed by atoms with Crippen molar-refractivity contribution < 1.29 is 4.74 Å². The number of H-pyrrole nitrogens is 1. The molecule has 0 radical (unpaired) electrons. The van der Waals surface area contributed by atoms with Crippen molar-refractivity contribution in [2.45, 2.75) is 12.8 Å². The van der Waals surface area contributed by atoms with Gasteiger partial charge >= 0.3 is 0 Å². The van der Waals surface area contributed by atoms with E-state index in [1.807, 2.05) is 6.07 Å². The standard InChI is InChI=1S/C12H11BrN2O2/c13-9-4-10-8(12(16)15-6-14-10)3-11(9)17-5-7-1-2-7/h3-4,6-7H,1-2,5H2,(H,14,15,16). The second-order valence-electron chi connectivity index (χ2n) is 4.29. The first-order valence-corrected chi connectivity index (χ1v) is 6.33. The molecule has 0 atom stereocenters. The third-order valence-corrected chi connectivity index (χ3v) is 3.49. The predicted molar refractivity (Wildman–Crippen MR) is 68.3 cm³/mol. The molecule has 1 fully saturated rings. The minimum Gasteiger partial charge on any atom is -0.492 e. The van der Waals surface area contributed by atoms with E-state index in [1.165, 1.54) is 19.2 Å². The number of aromatic amines is 1. The van der Waals surface area contributed by atoms with Crippen LogP contribution < -0.4 is 10.3 Å². The minimum atomic E-state index is -0.140. The van der Waals surface area contributed by atoms with Crippen molar-refractivity contribution in [1.29, 1.82) is 0 Å². The van der Waals surface area contributed by atoms with Crippen LogP contribution in [0.2, 0.25) is 0 Å². The molecule has 0 amide bonds. The van der Waals surface area contributed by atoms with Crippen molar-refractivity contribution in [2.75, 3.05) is 6.61 Å². The number of ether oxygens (including phenoxy) is 1. The first kappa shape index (κ1) is 10.8. The molecule has 1 aromatic heterocycles. The highest BCUT2D eigenvalue weighted by Gasteiger charge is 2.22. The number of hydrogen-bond donors (Lipinski definition) is 1. The van der Waals surface area contributed by atoms with Gasteiger partial charge in [0, 0.05) is 0 Å². The molecule has 0 saturated heterocycles. The smallest absolute Gasteiger partial charge is 0.258 e. The van der Waals surface area contributed by atoms with Crippen molar-refractivity contribution in [1.82, 2.24) is 9.97 Å². The summed E-state index contributed by atoms with van der Waals surface area (Å²) in [5.74, 6) is 1.40. The van der Waals surface area contributed by atoms with Gasteiger partial charge in [-0.3, -0.25) is 4.79 Å². The Hall–Kier alpha value is -1.36. The molecule has 1 aliphatic carbocycles. The van der Waals surface area contributed by atoms with Crippen molar-refractivity contribution in [3.8, 4) is 5.75 Å². The summed E-state index contributed by atoms with van der Waals surface area (Å²) in [6, 6.07) is 3.56. The van der Waals surface area contributed by atoms with E-state index in [4.69, 9.17) is 4.74 Å². The van der Waals surface area contributed by atoms with Crippen molar-refractivity contribution in [2.24, 2.45) is 5.92 Å². The zero-order valence-electron chi connectivity index (χ0n) is 9.07. The van der Waals surface area contributed by atoms with E-state index < -0.39 is 0 Å². The summed E-state index contributed by atoms with van der Waals surface area (Å²) >= 11 is 3.44. The van der Waals surface area contributed by atoms with E-state index in [-0.39, 0.29) is 5.56 Å². The van der Waals surface area contributed by atoms with Crippen LogP contribution in [0.5, 0.6) is 5.75 Å². The lowest BCUT2D eigenvalue weighted by Crippen LogP contribution is -2.07. The number of fused-ring (bicyclic) bond motifs is 1. The topological polar surface area (TPSA) is 55.0 Å². The number of benzene rings is 1. The van der Waals surface area contributed by atoms with Gasteiger partial charge in [0.05, 0.1) is 28.3 Å². The lowest BCUT2D eigenvalue weighted by Gasteiger charge is -2.08. The second-order valence-corrected chi connectivity index (χ2v) is 5.14. The molecule has 0 bridgehead atoms. The van der Waals surface area contributed by atoms with Gasteiger partial charge in [0.15, 0.2) is 0 Å². The van der Waals surface area contributed by atoms with Crippen LogP contribution in [0, 0.1) is 5.92 Å². The maximum absolute atomic E-state index is 11.6. The predicted octanol–water partition coefficient (Wildman–Crippen LogP) is 2.47. The van der Waals surface area contributed by atoms with Gasteiger partial charge in [0.2, 0.25) is 0 Å². The molecule has 0 spiro atoms. The lowest BCUT2D eigenvalue weighted by atomic mass is 10.2. The molecular weight excluding hydrogens is 284 g/mol. The van der Waals surface area contributed by atoms with Gasteiger partial charge in [-0.15, -0.1) is 0 Å². The largest absolute Gasteiger partial charge is 0.492 e. The van der Waals surface area contributed by atoms with E-state index >= 15 is 0 Å². The minimum absolute atomic E-state index is 0.140. The summed E-state index contributed by atoms with van der Waals surface area (Å²) in [4.78, 5) is 18.3. The molecule has 5 heteroatoms. The average molecular weight is 295 g/mol. The van der Waals surface area contributed by atoms with Crippen molar-refractivity contribution in [3.05, 3.63) is 33.3 Å². The molecule has 4 nitrogen and oxygen atoms in total. The van der Waals surface area contributed by atoms with E-state index in [0.29, 0.717) is 22.6 Å².